The Morgan fingerprint density at radius 2 is 1.29 bits per heavy atom. The fourth-order valence-electron chi connectivity index (χ4n) is 2.80. The zero-order chi connectivity index (χ0) is 20.9. The summed E-state index contributed by atoms with van der Waals surface area (Å²) in [4.78, 5) is 37.5. The van der Waals surface area contributed by atoms with E-state index in [1.54, 1.807) is 48.5 Å². The number of Topliss-reactive ketones (excluding diaryl/α,β-unsaturated/α-hetero) is 1. The summed E-state index contributed by atoms with van der Waals surface area (Å²) >= 11 is 9.97. The second-order valence-electron chi connectivity index (χ2n) is 5.99. The van der Waals surface area contributed by atoms with Gasteiger partial charge in [0.25, 0.3) is 0 Å². The van der Waals surface area contributed by atoms with E-state index in [-0.39, 0.29) is 6.42 Å². The Balaban J connectivity index is 2.55. The number of ketones is 1. The summed E-state index contributed by atoms with van der Waals surface area (Å²) in [6.07, 6.45) is -0.0716. The zero-order valence-electron chi connectivity index (χ0n) is 15.1. The molecule has 0 aromatic heterocycles. The molecule has 0 amide bonds. The molecule has 0 saturated carbocycles. The molecule has 0 aliphatic carbocycles. The van der Waals surface area contributed by atoms with Crippen LogP contribution >= 0.6 is 47.8 Å². The number of hydrogen-bond acceptors (Lipinski definition) is 5. The third-order valence-corrected chi connectivity index (χ3v) is 6.54. The van der Waals surface area contributed by atoms with Crippen LogP contribution in [0.3, 0.4) is 0 Å². The fourth-order valence-corrected chi connectivity index (χ4v) is 4.13. The molecule has 0 bridgehead atoms. The van der Waals surface area contributed by atoms with Gasteiger partial charge in [-0.2, -0.15) is 0 Å². The summed E-state index contributed by atoms with van der Waals surface area (Å²) in [6.45, 7) is 0. The highest BCUT2D eigenvalue weighted by Crippen LogP contribution is 2.37. The van der Waals surface area contributed by atoms with Crippen molar-refractivity contribution in [2.75, 3.05) is 14.2 Å². The Morgan fingerprint density at radius 1 is 0.857 bits per heavy atom. The third kappa shape index (κ3) is 4.72. The molecule has 0 heterocycles. The molecule has 1 unspecified atom stereocenters. The number of rotatable bonds is 7. The first-order valence-electron chi connectivity index (χ1n) is 8.11. The first-order valence-corrected chi connectivity index (χ1v) is 10.6. The molecule has 1 atom stereocenters. The lowest BCUT2D eigenvalue weighted by Gasteiger charge is -2.32. The standard InChI is InChI=1S/C20H17Br3O5/c1-27-18(25)20(19(26)28-2,11-12-3-7-14(21)8-4-12)17(23)16(24)13-5-9-15(22)10-6-13/h3-10,17H,11H2,1-2H3. The van der Waals surface area contributed by atoms with E-state index in [0.29, 0.717) is 11.1 Å². The van der Waals surface area contributed by atoms with Gasteiger partial charge in [-0.15, -0.1) is 0 Å². The van der Waals surface area contributed by atoms with E-state index >= 15 is 0 Å². The molecule has 28 heavy (non-hydrogen) atoms. The van der Waals surface area contributed by atoms with Crippen LogP contribution < -0.4 is 0 Å². The number of halogens is 3. The predicted octanol–water partition coefficient (Wildman–Crippen LogP) is 4.73. The van der Waals surface area contributed by atoms with Crippen LogP contribution in [0, 0.1) is 5.41 Å². The van der Waals surface area contributed by atoms with E-state index < -0.39 is 28.0 Å². The van der Waals surface area contributed by atoms with Crippen molar-refractivity contribution in [2.45, 2.75) is 11.2 Å². The minimum Gasteiger partial charge on any atom is -0.468 e. The van der Waals surface area contributed by atoms with Crippen LogP contribution in [0.4, 0.5) is 0 Å². The molecule has 2 aromatic rings. The van der Waals surface area contributed by atoms with Crippen LogP contribution in [0.5, 0.6) is 0 Å². The summed E-state index contributed by atoms with van der Waals surface area (Å²) in [5.41, 5.74) is -0.869. The van der Waals surface area contributed by atoms with Gasteiger partial charge in [0, 0.05) is 20.9 Å². The molecule has 0 fully saturated rings. The van der Waals surface area contributed by atoms with Crippen molar-refractivity contribution in [1.29, 1.82) is 0 Å². The van der Waals surface area contributed by atoms with Gasteiger partial charge in [0.1, 0.15) is 4.83 Å². The molecule has 2 aromatic carbocycles. The van der Waals surface area contributed by atoms with Gasteiger partial charge in [-0.25, -0.2) is 0 Å². The van der Waals surface area contributed by atoms with Gasteiger partial charge in [-0.05, 0) is 29.8 Å². The second kappa shape index (κ2) is 9.80. The van der Waals surface area contributed by atoms with Crippen LogP contribution in [-0.2, 0) is 25.5 Å². The summed E-state index contributed by atoms with van der Waals surface area (Å²) in [5.74, 6) is -2.13. The average molecular weight is 577 g/mol. The Labute approximate surface area is 188 Å². The number of benzene rings is 2. The quantitative estimate of drug-likeness (QED) is 0.206. The van der Waals surface area contributed by atoms with E-state index in [4.69, 9.17) is 9.47 Å². The topological polar surface area (TPSA) is 69.7 Å². The van der Waals surface area contributed by atoms with Crippen molar-refractivity contribution in [2.24, 2.45) is 5.41 Å². The van der Waals surface area contributed by atoms with Gasteiger partial charge in [-0.1, -0.05) is 72.1 Å². The monoisotopic (exact) mass is 574 g/mol. The van der Waals surface area contributed by atoms with Crippen molar-refractivity contribution >= 4 is 65.5 Å². The molecule has 0 aliphatic heterocycles. The van der Waals surface area contributed by atoms with E-state index in [9.17, 15) is 14.4 Å². The van der Waals surface area contributed by atoms with Gasteiger partial charge in [0.05, 0.1) is 14.2 Å². The largest absolute Gasteiger partial charge is 0.468 e. The molecule has 8 heteroatoms. The fraction of sp³-hybridized carbons (Fsp3) is 0.250. The summed E-state index contributed by atoms with van der Waals surface area (Å²) in [5, 5.41) is 0. The normalized spacial score (nSPS) is 12.2. The number of esters is 2. The molecule has 5 nitrogen and oxygen atoms in total. The van der Waals surface area contributed by atoms with Gasteiger partial charge in [0.15, 0.2) is 11.2 Å². The summed E-state index contributed by atoms with van der Waals surface area (Å²) < 4.78 is 11.5. The minimum atomic E-state index is -1.89. The zero-order valence-corrected chi connectivity index (χ0v) is 19.8. The Morgan fingerprint density at radius 3 is 1.71 bits per heavy atom. The molecular formula is C20H17Br3O5. The van der Waals surface area contributed by atoms with Crippen LogP contribution in [0.2, 0.25) is 0 Å². The molecule has 0 spiro atoms. The minimum absolute atomic E-state index is 0.0716. The van der Waals surface area contributed by atoms with E-state index in [1.807, 2.05) is 0 Å². The average Bonchev–Trinajstić information content (AvgIpc) is 2.71. The maximum atomic E-state index is 13.1. The van der Waals surface area contributed by atoms with Crippen molar-refractivity contribution in [3.05, 3.63) is 68.6 Å². The summed E-state index contributed by atoms with van der Waals surface area (Å²) in [7, 11) is 2.34. The second-order valence-corrected chi connectivity index (χ2v) is 8.74. The molecule has 2 rings (SSSR count). The predicted molar refractivity (Wildman–Crippen MR) is 115 cm³/mol. The molecular weight excluding hydrogens is 560 g/mol. The van der Waals surface area contributed by atoms with Gasteiger partial charge in [-0.3, -0.25) is 14.4 Å². The number of hydrogen-bond donors (Lipinski definition) is 0. The lowest BCUT2D eigenvalue weighted by molar-refractivity contribution is -0.168. The molecule has 148 valence electrons. The molecule has 0 aliphatic rings. The van der Waals surface area contributed by atoms with E-state index in [1.165, 1.54) is 14.2 Å². The van der Waals surface area contributed by atoms with Gasteiger partial charge < -0.3 is 9.47 Å². The maximum absolute atomic E-state index is 13.1. The van der Waals surface area contributed by atoms with Crippen molar-refractivity contribution in [3.63, 3.8) is 0 Å². The lowest BCUT2D eigenvalue weighted by atomic mass is 9.76. The van der Waals surface area contributed by atoms with Gasteiger partial charge in [0.2, 0.25) is 0 Å². The SMILES string of the molecule is COC(=O)C(Cc1ccc(Br)cc1)(C(=O)OC)C(Br)C(=O)c1ccc(Br)cc1. The van der Waals surface area contributed by atoms with Crippen molar-refractivity contribution in [3.8, 4) is 0 Å². The van der Waals surface area contributed by atoms with E-state index in [2.05, 4.69) is 47.8 Å². The molecule has 0 radical (unpaired) electrons. The Kier molecular flexibility index (Phi) is 7.97. The molecule has 0 saturated heterocycles. The Hall–Kier alpha value is -1.51. The highest BCUT2D eigenvalue weighted by atomic mass is 79.9. The van der Waals surface area contributed by atoms with E-state index in [0.717, 1.165) is 8.95 Å². The third-order valence-electron chi connectivity index (χ3n) is 4.29. The maximum Gasteiger partial charge on any atom is 0.325 e. The summed E-state index contributed by atoms with van der Waals surface area (Å²) in [6, 6.07) is 13.7. The van der Waals surface area contributed by atoms with Crippen LogP contribution in [-0.4, -0.2) is 36.8 Å². The first-order chi connectivity index (χ1) is 13.3. The first kappa shape index (κ1) is 22.8. The lowest BCUT2D eigenvalue weighted by Crippen LogP contribution is -2.52. The van der Waals surface area contributed by atoms with Crippen molar-refractivity contribution < 1.29 is 23.9 Å². The van der Waals surface area contributed by atoms with Crippen LogP contribution in [0.15, 0.2) is 57.5 Å². The van der Waals surface area contributed by atoms with Crippen LogP contribution in [0.25, 0.3) is 0 Å². The number of carbonyl (C=O) groups is 3. The highest BCUT2D eigenvalue weighted by Gasteiger charge is 2.56. The van der Waals surface area contributed by atoms with Crippen molar-refractivity contribution in [1.82, 2.24) is 0 Å². The molecule has 0 N–H and O–H groups in total. The number of methoxy groups -OCH3 is 2. The van der Waals surface area contributed by atoms with Gasteiger partial charge >= 0.3 is 11.9 Å². The number of carbonyl (C=O) groups excluding carboxylic acids is 3. The smallest absolute Gasteiger partial charge is 0.325 e. The van der Waals surface area contributed by atoms with Crippen LogP contribution in [0.1, 0.15) is 15.9 Å². The highest BCUT2D eigenvalue weighted by molar-refractivity contribution is 9.11. The number of alkyl halides is 1. The number of ether oxygens (including phenoxy) is 2. The Bertz CT molecular complexity index is 846.